The highest BCUT2D eigenvalue weighted by Gasteiger charge is 2.34. The van der Waals surface area contributed by atoms with Gasteiger partial charge in [-0.15, -0.1) is 34.4 Å². The molecule has 0 radical (unpaired) electrons. The molecule has 2 aromatic heterocycles. The Morgan fingerprint density at radius 3 is 3.06 bits per heavy atom. The first kappa shape index (κ1) is 11.9. The van der Waals surface area contributed by atoms with E-state index in [9.17, 15) is 9.59 Å². The lowest BCUT2D eigenvalue weighted by Crippen LogP contribution is -2.33. The number of hydrogen-bond acceptors (Lipinski definition) is 6. The van der Waals surface area contributed by atoms with Gasteiger partial charge in [-0.25, -0.2) is 4.98 Å². The second kappa shape index (κ2) is 4.83. The van der Waals surface area contributed by atoms with E-state index in [1.54, 1.807) is 40.7 Å². The molecule has 1 aliphatic heterocycles. The molecule has 0 bridgehead atoms. The molecule has 4 nitrogen and oxygen atoms in total. The number of nitrogens with zero attached hydrogens (tertiary/aromatic N) is 1. The second-order valence-electron chi connectivity index (χ2n) is 3.68. The SMILES string of the molecule is O=C(Nc1nccs1)C1CSc2sccc2C1=O. The second-order valence-corrected chi connectivity index (χ2v) is 6.78. The van der Waals surface area contributed by atoms with Gasteiger partial charge in [0.2, 0.25) is 5.91 Å². The van der Waals surface area contributed by atoms with Gasteiger partial charge in [-0.2, -0.15) is 0 Å². The van der Waals surface area contributed by atoms with Crippen molar-refractivity contribution in [2.24, 2.45) is 5.92 Å². The fraction of sp³-hybridized carbons (Fsp3) is 0.182. The summed E-state index contributed by atoms with van der Waals surface area (Å²) in [6, 6.07) is 1.79. The highest BCUT2D eigenvalue weighted by Crippen LogP contribution is 2.37. The Bertz CT molecular complexity index is 591. The van der Waals surface area contributed by atoms with Crippen LogP contribution in [0.25, 0.3) is 0 Å². The third kappa shape index (κ3) is 2.09. The highest BCUT2D eigenvalue weighted by atomic mass is 32.2. The summed E-state index contributed by atoms with van der Waals surface area (Å²) in [5.74, 6) is -0.455. The van der Waals surface area contributed by atoms with Crippen molar-refractivity contribution in [2.75, 3.05) is 11.1 Å². The zero-order chi connectivity index (χ0) is 12.5. The smallest absolute Gasteiger partial charge is 0.237 e. The van der Waals surface area contributed by atoms with E-state index >= 15 is 0 Å². The highest BCUT2D eigenvalue weighted by molar-refractivity contribution is 8.01. The minimum Gasteiger partial charge on any atom is -0.301 e. The van der Waals surface area contributed by atoms with Gasteiger partial charge >= 0.3 is 0 Å². The number of thiazole rings is 1. The number of thiophene rings is 1. The molecular formula is C11H8N2O2S3. The zero-order valence-electron chi connectivity index (χ0n) is 9.08. The summed E-state index contributed by atoms with van der Waals surface area (Å²) in [6.45, 7) is 0. The number of nitrogens with one attached hydrogen (secondary N) is 1. The van der Waals surface area contributed by atoms with Crippen LogP contribution in [0.15, 0.2) is 27.2 Å². The van der Waals surface area contributed by atoms with Crippen LogP contribution in [-0.4, -0.2) is 22.4 Å². The van der Waals surface area contributed by atoms with Gasteiger partial charge < -0.3 is 5.32 Å². The summed E-state index contributed by atoms with van der Waals surface area (Å²) in [6.07, 6.45) is 1.62. The molecular weight excluding hydrogens is 288 g/mol. The van der Waals surface area contributed by atoms with Crippen molar-refractivity contribution in [3.8, 4) is 0 Å². The summed E-state index contributed by atoms with van der Waals surface area (Å²) < 4.78 is 1.01. The fourth-order valence-electron chi connectivity index (χ4n) is 1.68. The minimum absolute atomic E-state index is 0.0842. The number of amides is 1. The van der Waals surface area contributed by atoms with E-state index < -0.39 is 5.92 Å². The van der Waals surface area contributed by atoms with Crippen LogP contribution in [0.1, 0.15) is 10.4 Å². The largest absolute Gasteiger partial charge is 0.301 e. The molecule has 0 saturated heterocycles. The first-order chi connectivity index (χ1) is 8.75. The van der Waals surface area contributed by atoms with Crippen molar-refractivity contribution in [1.29, 1.82) is 0 Å². The number of carbonyl (C=O) groups is 2. The van der Waals surface area contributed by atoms with Gasteiger partial charge in [0.15, 0.2) is 10.9 Å². The van der Waals surface area contributed by atoms with Crippen molar-refractivity contribution in [1.82, 2.24) is 4.98 Å². The van der Waals surface area contributed by atoms with E-state index in [2.05, 4.69) is 10.3 Å². The Balaban J connectivity index is 1.78. The molecule has 1 amide bonds. The molecule has 0 fully saturated rings. The van der Waals surface area contributed by atoms with E-state index in [1.807, 2.05) is 5.38 Å². The van der Waals surface area contributed by atoms with Crippen molar-refractivity contribution >= 4 is 51.3 Å². The van der Waals surface area contributed by atoms with Crippen LogP contribution in [-0.2, 0) is 4.79 Å². The lowest BCUT2D eigenvalue weighted by Gasteiger charge is -2.18. The quantitative estimate of drug-likeness (QED) is 0.866. The fourth-order valence-corrected chi connectivity index (χ4v) is 4.43. The Hall–Kier alpha value is -1.18. The third-order valence-electron chi connectivity index (χ3n) is 2.57. The molecule has 1 unspecified atom stereocenters. The molecule has 92 valence electrons. The van der Waals surface area contributed by atoms with E-state index in [-0.39, 0.29) is 11.7 Å². The molecule has 0 spiro atoms. The number of ketones is 1. The molecule has 3 heterocycles. The van der Waals surface area contributed by atoms with Gasteiger partial charge in [-0.1, -0.05) is 0 Å². The minimum atomic E-state index is -0.610. The summed E-state index contributed by atoms with van der Waals surface area (Å²) in [5.41, 5.74) is 0.676. The molecule has 0 aliphatic carbocycles. The van der Waals surface area contributed by atoms with Gasteiger partial charge in [0.25, 0.3) is 0 Å². The summed E-state index contributed by atoms with van der Waals surface area (Å²) in [4.78, 5) is 28.2. The lowest BCUT2D eigenvalue weighted by molar-refractivity contribution is -0.118. The number of anilines is 1. The maximum Gasteiger partial charge on any atom is 0.237 e. The average molecular weight is 296 g/mol. The number of fused-ring (bicyclic) bond motifs is 1. The van der Waals surface area contributed by atoms with Gasteiger partial charge in [-0.05, 0) is 11.4 Å². The van der Waals surface area contributed by atoms with Crippen LogP contribution in [0.4, 0.5) is 5.13 Å². The molecule has 1 atom stereocenters. The van der Waals surface area contributed by atoms with E-state index in [0.717, 1.165) is 4.21 Å². The van der Waals surface area contributed by atoms with Gasteiger partial charge in [-0.3, -0.25) is 9.59 Å². The number of hydrogen-bond donors (Lipinski definition) is 1. The first-order valence-electron chi connectivity index (χ1n) is 5.20. The van der Waals surface area contributed by atoms with Crippen molar-refractivity contribution < 1.29 is 9.59 Å². The van der Waals surface area contributed by atoms with Crippen molar-refractivity contribution in [3.63, 3.8) is 0 Å². The van der Waals surface area contributed by atoms with Crippen LogP contribution in [0.3, 0.4) is 0 Å². The number of thioether (sulfide) groups is 1. The predicted octanol–water partition coefficient (Wildman–Crippen LogP) is 2.75. The monoisotopic (exact) mass is 296 g/mol. The molecule has 0 aromatic carbocycles. The van der Waals surface area contributed by atoms with Gasteiger partial charge in [0.05, 0.1) is 4.21 Å². The summed E-state index contributed by atoms with van der Waals surface area (Å²) in [7, 11) is 0. The molecule has 1 aliphatic rings. The van der Waals surface area contributed by atoms with Crippen LogP contribution in [0, 0.1) is 5.92 Å². The van der Waals surface area contributed by atoms with Crippen molar-refractivity contribution in [3.05, 3.63) is 28.6 Å². The van der Waals surface area contributed by atoms with Gasteiger partial charge in [0.1, 0.15) is 5.92 Å². The molecule has 1 N–H and O–H groups in total. The maximum absolute atomic E-state index is 12.2. The summed E-state index contributed by atoms with van der Waals surface area (Å²) >= 11 is 4.46. The lowest BCUT2D eigenvalue weighted by atomic mass is 10.0. The Morgan fingerprint density at radius 1 is 1.39 bits per heavy atom. The molecule has 2 aromatic rings. The van der Waals surface area contributed by atoms with Crippen LogP contribution >= 0.6 is 34.4 Å². The van der Waals surface area contributed by atoms with Crippen LogP contribution < -0.4 is 5.32 Å². The van der Waals surface area contributed by atoms with E-state index in [0.29, 0.717) is 16.4 Å². The molecule has 0 saturated carbocycles. The number of aromatic nitrogens is 1. The molecule has 3 rings (SSSR count). The van der Waals surface area contributed by atoms with E-state index in [4.69, 9.17) is 0 Å². The van der Waals surface area contributed by atoms with Crippen LogP contribution in [0.2, 0.25) is 0 Å². The number of Topliss-reactive ketones (excluding diaryl/α,β-unsaturated/α-hetero) is 1. The van der Waals surface area contributed by atoms with Crippen LogP contribution in [0.5, 0.6) is 0 Å². The average Bonchev–Trinajstić information content (AvgIpc) is 2.99. The van der Waals surface area contributed by atoms with Crippen molar-refractivity contribution in [2.45, 2.75) is 4.21 Å². The maximum atomic E-state index is 12.2. The standard InChI is InChI=1S/C11H8N2O2S3/c14-8-6-1-3-16-10(6)18-5-7(8)9(15)13-11-12-2-4-17-11/h1-4,7H,5H2,(H,12,13,15). The predicted molar refractivity (Wildman–Crippen MR) is 73.6 cm³/mol. The molecule has 18 heavy (non-hydrogen) atoms. The third-order valence-corrected chi connectivity index (χ3v) is 5.59. The van der Waals surface area contributed by atoms with E-state index in [1.165, 1.54) is 11.3 Å². The van der Waals surface area contributed by atoms with Gasteiger partial charge in [0, 0.05) is 22.9 Å². The summed E-state index contributed by atoms with van der Waals surface area (Å²) in [5, 5.41) is 6.89. The Kier molecular flexibility index (Phi) is 3.19. The Labute approximate surface area is 115 Å². The normalized spacial score (nSPS) is 18.4. The first-order valence-corrected chi connectivity index (χ1v) is 7.95. The number of rotatable bonds is 2. The Morgan fingerprint density at radius 2 is 2.28 bits per heavy atom. The topological polar surface area (TPSA) is 59.1 Å². The molecule has 7 heteroatoms. The zero-order valence-corrected chi connectivity index (χ0v) is 11.5. The number of carbonyl (C=O) groups excluding carboxylic acids is 2.